The Morgan fingerprint density at radius 3 is 2.82 bits per heavy atom. The van der Waals surface area contributed by atoms with Crippen LogP contribution in [-0.4, -0.2) is 39.5 Å². The molecular weight excluding hydrogens is 516 g/mol. The van der Waals surface area contributed by atoms with Crippen LogP contribution in [0, 0.1) is 24.5 Å². The van der Waals surface area contributed by atoms with Crippen molar-refractivity contribution < 1.29 is 27.5 Å². The number of hydrogen-bond donors (Lipinski definition) is 2. The Bertz CT molecular complexity index is 1420. The number of nitrogens with two attached hydrogens (primary N) is 1. The van der Waals surface area contributed by atoms with Crippen LogP contribution in [0.1, 0.15) is 53.9 Å². The molecule has 1 saturated carbocycles. The van der Waals surface area contributed by atoms with Gasteiger partial charge in [-0.1, -0.05) is 11.8 Å². The summed E-state index contributed by atoms with van der Waals surface area (Å²) in [4.78, 5) is 25.9. The smallest absolute Gasteiger partial charge is 0.274 e. The summed E-state index contributed by atoms with van der Waals surface area (Å²) in [7, 11) is 1.59. The third-order valence-electron chi connectivity index (χ3n) is 6.95. The predicted molar refractivity (Wildman–Crippen MR) is 138 cm³/mol. The van der Waals surface area contributed by atoms with E-state index in [-0.39, 0.29) is 32.8 Å². The van der Waals surface area contributed by atoms with Gasteiger partial charge in [0.2, 0.25) is 5.89 Å². The number of hydrogen-bond acceptors (Lipinski definition) is 9. The molecule has 3 heterocycles. The van der Waals surface area contributed by atoms with Gasteiger partial charge in [-0.3, -0.25) is 9.79 Å². The van der Waals surface area contributed by atoms with Crippen LogP contribution in [0.2, 0.25) is 0 Å². The van der Waals surface area contributed by atoms with Crippen molar-refractivity contribution in [3.05, 3.63) is 71.2 Å². The van der Waals surface area contributed by atoms with Gasteiger partial charge in [0.1, 0.15) is 17.7 Å². The number of pyridine rings is 1. The zero-order valence-corrected chi connectivity index (χ0v) is 22.1. The van der Waals surface area contributed by atoms with Crippen LogP contribution in [0.3, 0.4) is 0 Å². The molecular formula is C26H27F2N5O4S. The lowest BCUT2D eigenvalue weighted by molar-refractivity contribution is 0.102. The summed E-state index contributed by atoms with van der Waals surface area (Å²) in [6, 6.07) is 3.99. The van der Waals surface area contributed by atoms with Crippen molar-refractivity contribution in [1.29, 1.82) is 0 Å². The summed E-state index contributed by atoms with van der Waals surface area (Å²) in [6.45, 7) is 5.61. The van der Waals surface area contributed by atoms with Crippen LogP contribution in [0.15, 0.2) is 46.3 Å². The Morgan fingerprint density at radius 2 is 2.13 bits per heavy atom. The quantitative estimate of drug-likeness (QED) is 0.418. The number of anilines is 1. The van der Waals surface area contributed by atoms with E-state index in [1.54, 1.807) is 33.9 Å². The molecule has 0 unspecified atom stereocenters. The zero-order chi connectivity index (χ0) is 27.2. The normalized spacial score (nSPS) is 24.8. The molecule has 38 heavy (non-hydrogen) atoms. The number of halogens is 2. The second-order valence-corrected chi connectivity index (χ2v) is 11.1. The van der Waals surface area contributed by atoms with E-state index in [1.807, 2.05) is 0 Å². The molecule has 2 aromatic heterocycles. The number of oxazole rings is 1. The van der Waals surface area contributed by atoms with Gasteiger partial charge in [0, 0.05) is 30.3 Å². The topological polar surface area (TPSA) is 125 Å². The molecule has 12 heteroatoms. The van der Waals surface area contributed by atoms with E-state index in [0.717, 1.165) is 6.07 Å². The molecule has 1 amide bonds. The minimum atomic E-state index is -1.12. The van der Waals surface area contributed by atoms with Gasteiger partial charge in [0.15, 0.2) is 22.9 Å². The van der Waals surface area contributed by atoms with Crippen LogP contribution >= 0.6 is 11.8 Å². The summed E-state index contributed by atoms with van der Waals surface area (Å²) in [5.41, 5.74) is 5.71. The molecule has 1 aliphatic heterocycles. The van der Waals surface area contributed by atoms with Gasteiger partial charge in [-0.2, -0.15) is 0 Å². The van der Waals surface area contributed by atoms with E-state index in [9.17, 15) is 9.18 Å². The van der Waals surface area contributed by atoms with E-state index in [4.69, 9.17) is 19.6 Å². The van der Waals surface area contributed by atoms with Crippen molar-refractivity contribution in [2.24, 2.45) is 16.6 Å². The molecule has 1 aliphatic carbocycles. The number of carbonyl (C=O) groups excluding carboxylic acids is 1. The second-order valence-electron chi connectivity index (χ2n) is 9.69. The molecule has 4 atom stereocenters. The number of aromatic nitrogens is 2. The Balaban J connectivity index is 1.38. The number of nitrogens with zero attached hydrogens (tertiary/aromatic N) is 3. The first kappa shape index (κ1) is 26.1. The minimum absolute atomic E-state index is 0.0213. The van der Waals surface area contributed by atoms with Crippen molar-refractivity contribution in [3.63, 3.8) is 0 Å². The van der Waals surface area contributed by atoms with Crippen molar-refractivity contribution in [1.82, 2.24) is 9.97 Å². The number of methoxy groups -OCH3 is 1. The number of aliphatic imine (C=N–C) groups is 1. The van der Waals surface area contributed by atoms with E-state index in [0.29, 0.717) is 30.2 Å². The summed E-state index contributed by atoms with van der Waals surface area (Å²) in [5.74, 6) is -1.99. The van der Waals surface area contributed by atoms with Crippen molar-refractivity contribution in [2.45, 2.75) is 43.6 Å². The van der Waals surface area contributed by atoms with Crippen LogP contribution in [0.5, 0.6) is 5.75 Å². The number of ether oxygens (including phenoxy) is 2. The Hall–Kier alpha value is -3.51. The van der Waals surface area contributed by atoms with Gasteiger partial charge in [-0.05, 0) is 44.9 Å². The number of amides is 1. The summed E-state index contributed by atoms with van der Waals surface area (Å²) in [6.07, 6.45) is 4.60. The first-order chi connectivity index (χ1) is 18.1. The molecule has 3 N–H and O–H groups in total. The van der Waals surface area contributed by atoms with Crippen LogP contribution < -0.4 is 15.8 Å². The van der Waals surface area contributed by atoms with Crippen LogP contribution in [0.25, 0.3) is 0 Å². The maximum atomic E-state index is 15.1. The lowest BCUT2D eigenvalue weighted by atomic mass is 9.85. The number of benzene rings is 1. The first-order valence-electron chi connectivity index (χ1n) is 11.9. The number of thioether (sulfide) groups is 1. The average molecular weight is 544 g/mol. The number of amidine groups is 1. The second kappa shape index (κ2) is 9.66. The van der Waals surface area contributed by atoms with Crippen molar-refractivity contribution in [2.75, 3.05) is 19.0 Å². The molecule has 5 rings (SSSR count). The highest BCUT2D eigenvalue weighted by Gasteiger charge is 2.66. The van der Waals surface area contributed by atoms with Gasteiger partial charge in [-0.15, -0.1) is 0 Å². The number of aryl methyl sites for hydroxylation is 1. The van der Waals surface area contributed by atoms with E-state index in [2.05, 4.69) is 20.3 Å². The summed E-state index contributed by atoms with van der Waals surface area (Å²) >= 11 is 1.40. The van der Waals surface area contributed by atoms with E-state index >= 15 is 4.39 Å². The van der Waals surface area contributed by atoms with Crippen LogP contribution in [-0.2, 0) is 10.3 Å². The van der Waals surface area contributed by atoms with Gasteiger partial charge >= 0.3 is 0 Å². The Morgan fingerprint density at radius 1 is 1.34 bits per heavy atom. The molecule has 2 aliphatic rings. The molecule has 0 spiro atoms. The lowest BCUT2D eigenvalue weighted by Gasteiger charge is -2.34. The molecule has 200 valence electrons. The fourth-order valence-corrected chi connectivity index (χ4v) is 6.54. The molecule has 0 bridgehead atoms. The van der Waals surface area contributed by atoms with Gasteiger partial charge in [0.25, 0.3) is 5.91 Å². The molecule has 1 fully saturated rings. The fourth-order valence-electron chi connectivity index (χ4n) is 5.09. The number of rotatable bonds is 8. The van der Waals surface area contributed by atoms with E-state index < -0.39 is 29.2 Å². The zero-order valence-electron chi connectivity index (χ0n) is 21.2. The molecule has 0 saturated heterocycles. The monoisotopic (exact) mass is 543 g/mol. The highest BCUT2D eigenvalue weighted by Crippen LogP contribution is 2.66. The minimum Gasteiger partial charge on any atom is -0.479 e. The third-order valence-corrected chi connectivity index (χ3v) is 8.23. The van der Waals surface area contributed by atoms with Gasteiger partial charge in [0.05, 0.1) is 29.3 Å². The largest absolute Gasteiger partial charge is 0.479 e. The van der Waals surface area contributed by atoms with Gasteiger partial charge in [-0.25, -0.2) is 18.7 Å². The Kier molecular flexibility index (Phi) is 6.64. The SMILES string of the molecule is COC[C@]12C[C@H]1[C@](C)(c1cc(NC(=O)c3ncc(O[C@@H](C)c4ncco4)cc3C)cc(F)c1F)N=C(N)S2. The summed E-state index contributed by atoms with van der Waals surface area (Å²) in [5, 5.41) is 2.92. The molecule has 3 aromatic rings. The molecule has 9 nitrogen and oxygen atoms in total. The maximum absolute atomic E-state index is 15.1. The highest BCUT2D eigenvalue weighted by atomic mass is 32.2. The van der Waals surface area contributed by atoms with Gasteiger partial charge < -0.3 is 24.9 Å². The summed E-state index contributed by atoms with van der Waals surface area (Å²) < 4.78 is 46.0. The maximum Gasteiger partial charge on any atom is 0.274 e. The fraction of sp³-hybridized carbons (Fsp3) is 0.385. The third kappa shape index (κ3) is 4.62. The van der Waals surface area contributed by atoms with Crippen molar-refractivity contribution in [3.8, 4) is 5.75 Å². The number of carbonyl (C=O) groups is 1. The Labute approximate surface area is 222 Å². The average Bonchev–Trinajstić information content (AvgIpc) is 3.31. The molecule has 1 aromatic carbocycles. The van der Waals surface area contributed by atoms with E-state index in [1.165, 1.54) is 36.5 Å². The lowest BCUT2D eigenvalue weighted by Crippen LogP contribution is -2.38. The van der Waals surface area contributed by atoms with Crippen LogP contribution in [0.4, 0.5) is 14.5 Å². The number of fused-ring (bicyclic) bond motifs is 1. The first-order valence-corrected chi connectivity index (χ1v) is 12.7. The molecule has 0 radical (unpaired) electrons. The predicted octanol–water partition coefficient (Wildman–Crippen LogP) is 4.73. The standard InChI is InChI=1S/C26H27F2N5O4S/c1-13-7-16(37-14(2)23-30-5-6-36-23)11-31-21(13)22(34)32-15-8-17(20(28)18(27)9-15)25(3)19-10-26(19,12-35-4)38-24(29)33-25/h5-9,11,14,19H,10,12H2,1-4H3,(H2,29,33)(H,32,34)/t14-,19-,25-,26+/m0/s1. The number of nitrogens with one attached hydrogen (secondary N) is 1. The van der Waals surface area contributed by atoms with Crippen molar-refractivity contribution >= 4 is 28.5 Å². The highest BCUT2D eigenvalue weighted by molar-refractivity contribution is 8.15.